The Bertz CT molecular complexity index is 1140. The number of halogens is 1. The molecular weight excluding hydrogens is 402 g/mol. The van der Waals surface area contributed by atoms with Gasteiger partial charge < -0.3 is 9.14 Å². The van der Waals surface area contributed by atoms with Gasteiger partial charge in [0.15, 0.2) is 0 Å². The summed E-state index contributed by atoms with van der Waals surface area (Å²) in [5.41, 5.74) is 2.05. The van der Waals surface area contributed by atoms with Crippen molar-refractivity contribution < 1.29 is 17.9 Å². The zero-order valence-corrected chi connectivity index (χ0v) is 17.2. The summed E-state index contributed by atoms with van der Waals surface area (Å²) in [7, 11) is -3.71. The van der Waals surface area contributed by atoms with Gasteiger partial charge in [-0.2, -0.15) is 0 Å². The van der Waals surface area contributed by atoms with Crippen LogP contribution in [0.15, 0.2) is 47.6 Å². The number of esters is 1. The fourth-order valence-corrected chi connectivity index (χ4v) is 4.12. The summed E-state index contributed by atoms with van der Waals surface area (Å²) in [5, 5.41) is 0.567. The summed E-state index contributed by atoms with van der Waals surface area (Å²) in [5.74, 6) is -0.616. The van der Waals surface area contributed by atoms with Gasteiger partial charge in [0.1, 0.15) is 12.3 Å². The largest absolute Gasteiger partial charge is 0.456 e. The molecule has 2 heterocycles. The van der Waals surface area contributed by atoms with Crippen molar-refractivity contribution >= 4 is 33.2 Å². The van der Waals surface area contributed by atoms with E-state index in [9.17, 15) is 13.2 Å². The van der Waals surface area contributed by atoms with Crippen molar-refractivity contribution in [3.63, 3.8) is 0 Å². The number of sulfonamides is 1. The first-order chi connectivity index (χ1) is 13.2. The second-order valence-corrected chi connectivity index (χ2v) is 8.82. The van der Waals surface area contributed by atoms with Crippen LogP contribution in [-0.2, 0) is 21.4 Å². The SMILES string of the molecule is Cc1ccc(S(=O)(=O)NC(C)C)cc1C(=O)OCc1cn2cc(Cl)ccc2n1. The van der Waals surface area contributed by atoms with Gasteiger partial charge in [-0.3, -0.25) is 0 Å². The van der Waals surface area contributed by atoms with Crippen molar-refractivity contribution in [3.8, 4) is 0 Å². The van der Waals surface area contributed by atoms with Crippen molar-refractivity contribution in [3.05, 3.63) is 64.6 Å². The predicted octanol–water partition coefficient (Wildman–Crippen LogP) is 3.34. The molecule has 0 aliphatic carbocycles. The maximum Gasteiger partial charge on any atom is 0.338 e. The van der Waals surface area contributed by atoms with E-state index >= 15 is 0 Å². The first kappa shape index (κ1) is 20.3. The van der Waals surface area contributed by atoms with Crippen molar-refractivity contribution in [2.45, 2.75) is 38.3 Å². The lowest BCUT2D eigenvalue weighted by Crippen LogP contribution is -2.30. The molecule has 0 aliphatic heterocycles. The number of aromatic nitrogens is 2. The number of hydrogen-bond acceptors (Lipinski definition) is 5. The first-order valence-corrected chi connectivity index (χ1v) is 10.4. The van der Waals surface area contributed by atoms with Crippen LogP contribution in [0, 0.1) is 6.92 Å². The summed E-state index contributed by atoms with van der Waals surface area (Å²) in [4.78, 5) is 16.9. The van der Waals surface area contributed by atoms with Crippen molar-refractivity contribution in [1.29, 1.82) is 0 Å². The van der Waals surface area contributed by atoms with E-state index in [4.69, 9.17) is 16.3 Å². The minimum Gasteiger partial charge on any atom is -0.456 e. The van der Waals surface area contributed by atoms with Gasteiger partial charge in [-0.25, -0.2) is 22.9 Å². The lowest BCUT2D eigenvalue weighted by Gasteiger charge is -2.12. The van der Waals surface area contributed by atoms with E-state index in [0.717, 1.165) is 0 Å². The second kappa shape index (κ2) is 7.90. The van der Waals surface area contributed by atoms with Crippen LogP contribution in [0.1, 0.15) is 35.5 Å². The number of ether oxygens (including phenoxy) is 1. The molecule has 3 rings (SSSR count). The zero-order chi connectivity index (χ0) is 20.5. The van der Waals surface area contributed by atoms with Crippen molar-refractivity contribution in [1.82, 2.24) is 14.1 Å². The standard InChI is InChI=1S/C19H20ClN3O4S/c1-12(2)22-28(25,26)16-6-4-13(3)17(8-16)19(24)27-11-15-10-23-9-14(20)5-7-18(23)21-15/h4-10,12,22H,11H2,1-3H3. The fraction of sp³-hybridized carbons (Fsp3) is 0.263. The number of rotatable bonds is 6. The summed E-state index contributed by atoms with van der Waals surface area (Å²) < 4.78 is 34.3. The Labute approximate surface area is 168 Å². The van der Waals surface area contributed by atoms with E-state index in [2.05, 4.69) is 9.71 Å². The Balaban J connectivity index is 1.78. The van der Waals surface area contributed by atoms with Crippen LogP contribution in [0.2, 0.25) is 5.02 Å². The van der Waals surface area contributed by atoms with Crippen molar-refractivity contribution in [2.75, 3.05) is 0 Å². The molecule has 9 heteroatoms. The maximum atomic E-state index is 12.5. The number of imidazole rings is 1. The van der Waals surface area contributed by atoms with Gasteiger partial charge in [0.25, 0.3) is 0 Å². The highest BCUT2D eigenvalue weighted by molar-refractivity contribution is 7.89. The highest BCUT2D eigenvalue weighted by Gasteiger charge is 2.20. The molecule has 0 atom stereocenters. The smallest absolute Gasteiger partial charge is 0.338 e. The maximum absolute atomic E-state index is 12.5. The molecule has 0 saturated carbocycles. The van der Waals surface area contributed by atoms with Gasteiger partial charge in [0.05, 0.1) is 21.2 Å². The molecule has 0 spiro atoms. The van der Waals surface area contributed by atoms with Crippen LogP contribution in [0.5, 0.6) is 0 Å². The molecule has 0 bridgehead atoms. The molecule has 3 aromatic rings. The fourth-order valence-electron chi connectivity index (χ4n) is 2.67. The Morgan fingerprint density at radius 1 is 1.25 bits per heavy atom. The Morgan fingerprint density at radius 3 is 2.71 bits per heavy atom. The third kappa shape index (κ3) is 4.52. The quantitative estimate of drug-likeness (QED) is 0.616. The van der Waals surface area contributed by atoms with E-state index in [1.165, 1.54) is 12.1 Å². The average Bonchev–Trinajstić information content (AvgIpc) is 3.00. The van der Waals surface area contributed by atoms with Gasteiger partial charge >= 0.3 is 5.97 Å². The molecule has 0 fully saturated rings. The van der Waals surface area contributed by atoms with Crippen LogP contribution in [0.3, 0.4) is 0 Å². The van der Waals surface area contributed by atoms with E-state index in [-0.39, 0.29) is 23.1 Å². The third-order valence-corrected chi connectivity index (χ3v) is 5.83. The number of aryl methyl sites for hydroxylation is 1. The molecule has 148 valence electrons. The molecule has 0 saturated heterocycles. The van der Waals surface area contributed by atoms with Crippen molar-refractivity contribution in [2.24, 2.45) is 0 Å². The molecule has 0 aliphatic rings. The molecule has 1 aromatic carbocycles. The summed E-state index contributed by atoms with van der Waals surface area (Å²) >= 11 is 5.95. The van der Waals surface area contributed by atoms with Crippen LogP contribution in [0.4, 0.5) is 0 Å². The van der Waals surface area contributed by atoms with Gasteiger partial charge in [-0.1, -0.05) is 17.7 Å². The molecule has 7 nitrogen and oxygen atoms in total. The number of carbonyl (C=O) groups is 1. The topological polar surface area (TPSA) is 89.8 Å². The van der Waals surface area contributed by atoms with E-state index in [1.807, 2.05) is 0 Å². The van der Waals surface area contributed by atoms with Gasteiger partial charge in [-0.05, 0) is 50.6 Å². The number of benzene rings is 1. The zero-order valence-electron chi connectivity index (χ0n) is 15.6. The summed E-state index contributed by atoms with van der Waals surface area (Å²) in [6.07, 6.45) is 3.42. The molecule has 28 heavy (non-hydrogen) atoms. The highest BCUT2D eigenvalue weighted by atomic mass is 35.5. The third-order valence-electron chi connectivity index (χ3n) is 3.95. The van der Waals surface area contributed by atoms with Crippen LogP contribution in [0.25, 0.3) is 5.65 Å². The predicted molar refractivity (Wildman–Crippen MR) is 106 cm³/mol. The Morgan fingerprint density at radius 2 is 2.00 bits per heavy atom. The number of nitrogens with zero attached hydrogens (tertiary/aromatic N) is 2. The second-order valence-electron chi connectivity index (χ2n) is 6.67. The number of fused-ring (bicyclic) bond motifs is 1. The number of pyridine rings is 1. The van der Waals surface area contributed by atoms with Crippen LogP contribution < -0.4 is 4.72 Å². The van der Waals surface area contributed by atoms with Gasteiger partial charge in [-0.15, -0.1) is 0 Å². The van der Waals surface area contributed by atoms with Gasteiger partial charge in [0.2, 0.25) is 10.0 Å². The molecule has 0 amide bonds. The minimum atomic E-state index is -3.71. The number of carbonyl (C=O) groups excluding carboxylic acids is 1. The van der Waals surface area contributed by atoms with Gasteiger partial charge in [0, 0.05) is 18.4 Å². The molecule has 1 N–H and O–H groups in total. The highest BCUT2D eigenvalue weighted by Crippen LogP contribution is 2.18. The average molecular weight is 422 g/mol. The molecule has 0 radical (unpaired) electrons. The summed E-state index contributed by atoms with van der Waals surface area (Å²) in [6.45, 7) is 5.13. The normalized spacial score (nSPS) is 11.9. The van der Waals surface area contributed by atoms with E-state index < -0.39 is 16.0 Å². The number of nitrogens with one attached hydrogen (secondary N) is 1. The van der Waals surface area contributed by atoms with E-state index in [1.54, 1.807) is 55.8 Å². The summed E-state index contributed by atoms with van der Waals surface area (Å²) in [6, 6.07) is 7.59. The van der Waals surface area contributed by atoms with Crippen LogP contribution in [-0.4, -0.2) is 29.8 Å². The first-order valence-electron chi connectivity index (χ1n) is 8.59. The van der Waals surface area contributed by atoms with E-state index in [0.29, 0.717) is 21.9 Å². The van der Waals surface area contributed by atoms with Crippen LogP contribution >= 0.6 is 11.6 Å². The monoisotopic (exact) mass is 421 g/mol. The Hall–Kier alpha value is -2.42. The lowest BCUT2D eigenvalue weighted by molar-refractivity contribution is 0.0467. The number of hydrogen-bond donors (Lipinski definition) is 1. The minimum absolute atomic E-state index is 0.0149. The molecule has 0 unspecified atom stereocenters. The Kier molecular flexibility index (Phi) is 5.74. The lowest BCUT2D eigenvalue weighted by atomic mass is 10.1. The molecular formula is C19H20ClN3O4S. The molecule has 2 aromatic heterocycles.